The molecular formula is C27H39NO5. The van der Waals surface area contributed by atoms with Crippen LogP contribution in [0.3, 0.4) is 0 Å². The van der Waals surface area contributed by atoms with Gasteiger partial charge in [0.05, 0.1) is 11.9 Å². The molecule has 9 atom stereocenters. The van der Waals surface area contributed by atoms with E-state index in [0.29, 0.717) is 17.8 Å². The van der Waals surface area contributed by atoms with E-state index in [-0.39, 0.29) is 34.4 Å². The number of carbonyl (C=O) groups is 1. The zero-order valence-electron chi connectivity index (χ0n) is 20.2. The SMILES string of the molecule is C[C@@H](N)C(=O)O[C@H]1CC[C@@]2(C)C(CC[C@@H]3[C@@H]2CC[C@]2(C)[C@@H](c4ccc(=O)oc4)CC[C@]32O)C1. The monoisotopic (exact) mass is 457 g/mol. The van der Waals surface area contributed by atoms with Crippen LogP contribution in [0.5, 0.6) is 0 Å². The summed E-state index contributed by atoms with van der Waals surface area (Å²) in [7, 11) is 0. The summed E-state index contributed by atoms with van der Waals surface area (Å²) in [6.45, 7) is 6.38. The van der Waals surface area contributed by atoms with Crippen LogP contribution in [-0.4, -0.2) is 28.8 Å². The van der Waals surface area contributed by atoms with Crippen molar-refractivity contribution in [2.24, 2.45) is 34.3 Å². The Morgan fingerprint density at radius 3 is 2.61 bits per heavy atom. The minimum atomic E-state index is -0.691. The van der Waals surface area contributed by atoms with Crippen molar-refractivity contribution in [3.05, 3.63) is 34.4 Å². The van der Waals surface area contributed by atoms with Crippen molar-refractivity contribution in [2.75, 3.05) is 0 Å². The first-order valence-electron chi connectivity index (χ1n) is 12.9. The van der Waals surface area contributed by atoms with Gasteiger partial charge >= 0.3 is 11.6 Å². The van der Waals surface area contributed by atoms with Crippen molar-refractivity contribution < 1.29 is 19.1 Å². The van der Waals surface area contributed by atoms with Crippen LogP contribution in [0.4, 0.5) is 0 Å². The highest BCUT2D eigenvalue weighted by atomic mass is 16.5. The summed E-state index contributed by atoms with van der Waals surface area (Å²) in [4.78, 5) is 23.5. The van der Waals surface area contributed by atoms with Crippen molar-refractivity contribution in [2.45, 2.75) is 102 Å². The van der Waals surface area contributed by atoms with Crippen LogP contribution in [0.2, 0.25) is 0 Å². The summed E-state index contributed by atoms with van der Waals surface area (Å²) in [5.41, 5.74) is 5.71. The lowest BCUT2D eigenvalue weighted by molar-refractivity contribution is -0.207. The number of ether oxygens (including phenoxy) is 1. The third-order valence-corrected chi connectivity index (χ3v) is 10.6. The predicted octanol–water partition coefficient (Wildman–Crippen LogP) is 4.14. The van der Waals surface area contributed by atoms with Gasteiger partial charge in [-0.15, -0.1) is 0 Å². The van der Waals surface area contributed by atoms with Crippen molar-refractivity contribution >= 4 is 5.97 Å². The molecule has 3 N–H and O–H groups in total. The van der Waals surface area contributed by atoms with Crippen LogP contribution in [-0.2, 0) is 9.53 Å². The fourth-order valence-corrected chi connectivity index (χ4v) is 8.67. The maximum absolute atomic E-state index is 12.3. The van der Waals surface area contributed by atoms with E-state index in [2.05, 4.69) is 13.8 Å². The minimum absolute atomic E-state index is 0.0290. The molecule has 4 aliphatic carbocycles. The summed E-state index contributed by atoms with van der Waals surface area (Å²) in [5.74, 6) is 1.22. The van der Waals surface area contributed by atoms with Gasteiger partial charge in [0.15, 0.2) is 0 Å². The number of rotatable bonds is 3. The van der Waals surface area contributed by atoms with E-state index >= 15 is 0 Å². The maximum Gasteiger partial charge on any atom is 0.335 e. The van der Waals surface area contributed by atoms with Crippen molar-refractivity contribution in [3.63, 3.8) is 0 Å². The number of esters is 1. The van der Waals surface area contributed by atoms with Gasteiger partial charge in [-0.3, -0.25) is 4.79 Å². The standard InChI is InChI=1S/C27H39NO5/c1-16(28)24(30)33-19-8-11-25(2)18(14-19)5-6-22-21(25)9-12-26(3)20(10-13-27(22,26)31)17-4-7-23(29)32-15-17/h4,7,15-16,18-22,31H,5-6,8-14,28H2,1-3H3/t16-,18?,19+,20-,21+,22-,25+,26-,27+/m1/s1. The van der Waals surface area contributed by atoms with Crippen molar-refractivity contribution in [3.8, 4) is 0 Å². The molecule has 33 heavy (non-hydrogen) atoms. The van der Waals surface area contributed by atoms with Gasteiger partial charge < -0.3 is 20.0 Å². The largest absolute Gasteiger partial charge is 0.461 e. The Bertz CT molecular complexity index is 953. The normalized spacial score (nSPS) is 45.4. The number of aliphatic hydroxyl groups is 1. The fourth-order valence-electron chi connectivity index (χ4n) is 8.67. The molecule has 4 fully saturated rings. The molecule has 1 aromatic rings. The van der Waals surface area contributed by atoms with E-state index in [1.165, 1.54) is 6.07 Å². The average Bonchev–Trinajstić information content (AvgIpc) is 3.06. The summed E-state index contributed by atoms with van der Waals surface area (Å²) in [6.07, 6.45) is 10.4. The van der Waals surface area contributed by atoms with Gasteiger partial charge in [0.2, 0.25) is 0 Å². The molecule has 1 aromatic heterocycles. The van der Waals surface area contributed by atoms with Crippen LogP contribution in [0.15, 0.2) is 27.6 Å². The zero-order valence-corrected chi connectivity index (χ0v) is 20.2. The van der Waals surface area contributed by atoms with Crippen molar-refractivity contribution in [1.29, 1.82) is 0 Å². The molecule has 5 rings (SSSR count). The van der Waals surface area contributed by atoms with E-state index in [9.17, 15) is 14.7 Å². The predicted molar refractivity (Wildman–Crippen MR) is 124 cm³/mol. The van der Waals surface area contributed by atoms with Crippen LogP contribution in [0.1, 0.15) is 90.0 Å². The Balaban J connectivity index is 1.37. The lowest BCUT2D eigenvalue weighted by atomic mass is 9.43. The molecule has 0 spiro atoms. The number of carbonyl (C=O) groups excluding carboxylic acids is 1. The molecular weight excluding hydrogens is 418 g/mol. The first-order valence-corrected chi connectivity index (χ1v) is 12.9. The Kier molecular flexibility index (Phi) is 5.56. The first-order chi connectivity index (χ1) is 15.6. The van der Waals surface area contributed by atoms with Gasteiger partial charge in [-0.2, -0.15) is 0 Å². The molecule has 4 aliphatic rings. The van der Waals surface area contributed by atoms with Gasteiger partial charge in [0, 0.05) is 11.5 Å². The maximum atomic E-state index is 12.3. The molecule has 4 saturated carbocycles. The first kappa shape index (κ1) is 23.1. The molecule has 0 radical (unpaired) electrons. The quantitative estimate of drug-likeness (QED) is 0.661. The topological polar surface area (TPSA) is 103 Å². The minimum Gasteiger partial charge on any atom is -0.461 e. The number of hydrogen-bond donors (Lipinski definition) is 2. The second kappa shape index (κ2) is 7.94. The zero-order chi connectivity index (χ0) is 23.6. The summed E-state index contributed by atoms with van der Waals surface area (Å²) in [5, 5.41) is 12.3. The Morgan fingerprint density at radius 1 is 1.12 bits per heavy atom. The second-order valence-electron chi connectivity index (χ2n) is 12.0. The van der Waals surface area contributed by atoms with Crippen LogP contribution in [0, 0.1) is 28.6 Å². The van der Waals surface area contributed by atoms with E-state index in [0.717, 1.165) is 63.4 Å². The smallest absolute Gasteiger partial charge is 0.335 e. The molecule has 0 bridgehead atoms. The van der Waals surface area contributed by atoms with Gasteiger partial charge in [-0.25, -0.2) is 4.79 Å². The molecule has 0 aliphatic heterocycles. The lowest BCUT2D eigenvalue weighted by Crippen LogP contribution is -2.62. The molecule has 6 nitrogen and oxygen atoms in total. The number of nitrogens with two attached hydrogens (primary N) is 1. The van der Waals surface area contributed by atoms with E-state index < -0.39 is 11.6 Å². The lowest BCUT2D eigenvalue weighted by Gasteiger charge is -2.63. The van der Waals surface area contributed by atoms with E-state index in [1.54, 1.807) is 13.2 Å². The second-order valence-corrected chi connectivity index (χ2v) is 12.0. The molecule has 1 unspecified atom stereocenters. The Hall–Kier alpha value is -1.66. The van der Waals surface area contributed by atoms with Gasteiger partial charge in [-0.05, 0) is 105 Å². The van der Waals surface area contributed by atoms with Gasteiger partial charge in [-0.1, -0.05) is 13.8 Å². The fraction of sp³-hybridized carbons (Fsp3) is 0.778. The van der Waals surface area contributed by atoms with Crippen LogP contribution < -0.4 is 11.4 Å². The molecule has 6 heteroatoms. The molecule has 0 aromatic carbocycles. The van der Waals surface area contributed by atoms with Crippen LogP contribution in [0.25, 0.3) is 0 Å². The van der Waals surface area contributed by atoms with E-state index in [1.807, 2.05) is 6.07 Å². The Labute approximate surface area is 196 Å². The average molecular weight is 458 g/mol. The van der Waals surface area contributed by atoms with E-state index in [4.69, 9.17) is 14.9 Å². The van der Waals surface area contributed by atoms with Crippen molar-refractivity contribution in [1.82, 2.24) is 0 Å². The third kappa shape index (κ3) is 3.43. The molecule has 0 amide bonds. The highest BCUT2D eigenvalue weighted by molar-refractivity contribution is 5.75. The number of fused-ring (bicyclic) bond motifs is 5. The highest BCUT2D eigenvalue weighted by Gasteiger charge is 2.67. The molecule has 1 heterocycles. The van der Waals surface area contributed by atoms with Gasteiger partial charge in [0.1, 0.15) is 12.1 Å². The third-order valence-electron chi connectivity index (χ3n) is 10.6. The highest BCUT2D eigenvalue weighted by Crippen LogP contribution is 2.70. The molecule has 0 saturated heterocycles. The Morgan fingerprint density at radius 2 is 1.91 bits per heavy atom. The molecule has 182 valence electrons. The van der Waals surface area contributed by atoms with Gasteiger partial charge in [0.25, 0.3) is 0 Å². The number of hydrogen-bond acceptors (Lipinski definition) is 6. The van der Waals surface area contributed by atoms with Crippen LogP contribution >= 0.6 is 0 Å². The summed E-state index contributed by atoms with van der Waals surface area (Å²) >= 11 is 0. The summed E-state index contributed by atoms with van der Waals surface area (Å²) < 4.78 is 10.9. The summed E-state index contributed by atoms with van der Waals surface area (Å²) in [6, 6.07) is 2.82.